The molecule has 8 nitrogen and oxygen atoms in total. The van der Waals surface area contributed by atoms with E-state index < -0.39 is 48.2 Å². The first-order valence-electron chi connectivity index (χ1n) is 9.43. The van der Waals surface area contributed by atoms with Crippen molar-refractivity contribution >= 4 is 25.6 Å². The molecule has 160 valence electrons. The normalized spacial score (nSPS) is 26.1. The van der Waals surface area contributed by atoms with Crippen LogP contribution in [0.25, 0.3) is 0 Å². The molecule has 0 N–H and O–H groups in total. The third-order valence-electron chi connectivity index (χ3n) is 5.75. The van der Waals surface area contributed by atoms with E-state index in [0.717, 1.165) is 18.2 Å². The first-order chi connectivity index (χ1) is 13.6. The molecule has 1 aromatic rings. The fourth-order valence-corrected chi connectivity index (χ4v) is 8.43. The van der Waals surface area contributed by atoms with E-state index in [2.05, 4.69) is 0 Å². The Hall–Kier alpha value is -1.56. The lowest BCUT2D eigenvalue weighted by Crippen LogP contribution is -2.47. The van der Waals surface area contributed by atoms with Crippen molar-refractivity contribution in [1.29, 1.82) is 0 Å². The number of nitrogens with zero attached hydrogens (tertiary/aromatic N) is 1. The lowest BCUT2D eigenvalue weighted by atomic mass is 10.0. The van der Waals surface area contributed by atoms with Crippen molar-refractivity contribution < 1.29 is 35.5 Å². The fraction of sp³-hybridized carbons (Fsp3) is 0.611. The summed E-state index contributed by atoms with van der Waals surface area (Å²) in [5.74, 6) is -2.75. The van der Waals surface area contributed by atoms with Gasteiger partial charge in [0.25, 0.3) is 5.91 Å². The summed E-state index contributed by atoms with van der Waals surface area (Å²) in [5, 5.41) is -1.08. The van der Waals surface area contributed by atoms with E-state index in [1.807, 2.05) is 0 Å². The standard InChI is InChI=1S/C18H22FNO7S2/c19-16-2-1-13(29(24,25)14-3-10-28(22,23)12-14)11-15(16)17(21)20-6-4-18(5-7-20)26-8-9-27-18/h1-2,11,14H,3-10,12H2/t14-/m1/s1. The van der Waals surface area contributed by atoms with Crippen molar-refractivity contribution in [2.24, 2.45) is 0 Å². The predicted octanol–water partition coefficient (Wildman–Crippen LogP) is 0.766. The molecule has 1 spiro atoms. The Morgan fingerprint density at radius 3 is 2.41 bits per heavy atom. The fourth-order valence-electron chi connectivity index (χ4n) is 4.05. The second-order valence-corrected chi connectivity index (χ2v) is 12.1. The Morgan fingerprint density at radius 2 is 1.83 bits per heavy atom. The average Bonchev–Trinajstić information content (AvgIpc) is 3.28. The highest BCUT2D eigenvalue weighted by Crippen LogP contribution is 2.32. The predicted molar refractivity (Wildman–Crippen MR) is 100 cm³/mol. The number of likely N-dealkylation sites (tertiary alicyclic amines) is 1. The molecule has 3 aliphatic heterocycles. The zero-order valence-corrected chi connectivity index (χ0v) is 17.3. The number of halogens is 1. The van der Waals surface area contributed by atoms with Gasteiger partial charge in [-0.1, -0.05) is 0 Å². The van der Waals surface area contributed by atoms with Crippen LogP contribution in [0.4, 0.5) is 4.39 Å². The largest absolute Gasteiger partial charge is 0.347 e. The van der Waals surface area contributed by atoms with Crippen molar-refractivity contribution in [2.75, 3.05) is 37.8 Å². The molecule has 3 aliphatic rings. The SMILES string of the molecule is O=C(c1cc(S(=O)(=O)[C@@H]2CCS(=O)(=O)C2)ccc1F)N1CCC2(CC1)OCCO2. The van der Waals surface area contributed by atoms with Crippen LogP contribution in [-0.4, -0.2) is 76.5 Å². The Kier molecular flexibility index (Phi) is 5.21. The van der Waals surface area contributed by atoms with Crippen LogP contribution in [0.3, 0.4) is 0 Å². The van der Waals surface area contributed by atoms with Crippen LogP contribution >= 0.6 is 0 Å². The summed E-state index contributed by atoms with van der Waals surface area (Å²) >= 11 is 0. The summed E-state index contributed by atoms with van der Waals surface area (Å²) in [5.41, 5.74) is -0.337. The monoisotopic (exact) mass is 447 g/mol. The minimum atomic E-state index is -3.99. The van der Waals surface area contributed by atoms with E-state index in [1.165, 1.54) is 4.90 Å². The van der Waals surface area contributed by atoms with Gasteiger partial charge in [-0.15, -0.1) is 0 Å². The number of carbonyl (C=O) groups excluding carboxylic acids is 1. The zero-order chi connectivity index (χ0) is 20.9. The molecule has 3 fully saturated rings. The van der Waals surface area contributed by atoms with E-state index in [1.54, 1.807) is 0 Å². The quantitative estimate of drug-likeness (QED) is 0.630. The Bertz CT molecular complexity index is 1020. The molecule has 4 rings (SSSR count). The van der Waals surface area contributed by atoms with Gasteiger partial charge in [0.1, 0.15) is 5.82 Å². The van der Waals surface area contributed by atoms with Crippen LogP contribution in [0, 0.1) is 5.82 Å². The maximum absolute atomic E-state index is 14.4. The molecule has 3 heterocycles. The first-order valence-corrected chi connectivity index (χ1v) is 12.8. The summed E-state index contributed by atoms with van der Waals surface area (Å²) in [6, 6.07) is 3.04. The van der Waals surface area contributed by atoms with Crippen molar-refractivity contribution in [2.45, 2.75) is 35.2 Å². The summed E-state index contributed by atoms with van der Waals surface area (Å²) in [6.07, 6.45) is 0.913. The molecule has 0 radical (unpaired) electrons. The summed E-state index contributed by atoms with van der Waals surface area (Å²) in [6.45, 7) is 1.60. The van der Waals surface area contributed by atoms with Crippen LogP contribution < -0.4 is 0 Å². The zero-order valence-electron chi connectivity index (χ0n) is 15.7. The Labute approximate surface area is 168 Å². The maximum Gasteiger partial charge on any atom is 0.256 e. The molecule has 3 saturated heterocycles. The van der Waals surface area contributed by atoms with Gasteiger partial charge in [0.2, 0.25) is 0 Å². The first kappa shape index (κ1) is 20.7. The average molecular weight is 448 g/mol. The number of carbonyl (C=O) groups is 1. The molecule has 29 heavy (non-hydrogen) atoms. The van der Waals surface area contributed by atoms with Crippen molar-refractivity contribution in [3.63, 3.8) is 0 Å². The molecule has 0 aliphatic carbocycles. The maximum atomic E-state index is 14.4. The number of hydrogen-bond donors (Lipinski definition) is 0. The smallest absolute Gasteiger partial charge is 0.256 e. The van der Waals surface area contributed by atoms with Crippen molar-refractivity contribution in [1.82, 2.24) is 4.90 Å². The van der Waals surface area contributed by atoms with E-state index in [-0.39, 0.29) is 22.6 Å². The van der Waals surface area contributed by atoms with Gasteiger partial charge in [0, 0.05) is 25.9 Å². The second kappa shape index (κ2) is 7.29. The summed E-state index contributed by atoms with van der Waals surface area (Å²) < 4.78 is 74.5. The van der Waals surface area contributed by atoms with Crippen LogP contribution in [-0.2, 0) is 29.1 Å². The molecule has 11 heteroatoms. The van der Waals surface area contributed by atoms with Gasteiger partial charge in [-0.25, -0.2) is 21.2 Å². The van der Waals surface area contributed by atoms with Crippen LogP contribution in [0.1, 0.15) is 29.6 Å². The van der Waals surface area contributed by atoms with Crippen LogP contribution in [0.15, 0.2) is 23.1 Å². The van der Waals surface area contributed by atoms with Crippen LogP contribution in [0.2, 0.25) is 0 Å². The third kappa shape index (κ3) is 3.92. The van der Waals surface area contributed by atoms with Gasteiger partial charge in [0.05, 0.1) is 40.4 Å². The number of hydrogen-bond acceptors (Lipinski definition) is 7. The molecule has 1 atom stereocenters. The lowest BCUT2D eigenvalue weighted by Gasteiger charge is -2.37. The van der Waals surface area contributed by atoms with Gasteiger partial charge in [-0.2, -0.15) is 0 Å². The minimum absolute atomic E-state index is 0.000466. The molecular formula is C18H22FNO7S2. The molecular weight excluding hydrogens is 425 g/mol. The highest BCUT2D eigenvalue weighted by Gasteiger charge is 2.42. The van der Waals surface area contributed by atoms with E-state index in [9.17, 15) is 26.0 Å². The van der Waals surface area contributed by atoms with Gasteiger partial charge >= 0.3 is 0 Å². The molecule has 0 bridgehead atoms. The number of piperidine rings is 1. The Morgan fingerprint density at radius 1 is 1.17 bits per heavy atom. The van der Waals surface area contributed by atoms with E-state index >= 15 is 0 Å². The van der Waals surface area contributed by atoms with Crippen LogP contribution in [0.5, 0.6) is 0 Å². The minimum Gasteiger partial charge on any atom is -0.347 e. The lowest BCUT2D eigenvalue weighted by molar-refractivity contribution is -0.181. The van der Waals surface area contributed by atoms with Gasteiger partial charge in [-0.05, 0) is 24.6 Å². The summed E-state index contributed by atoms with van der Waals surface area (Å²) in [7, 11) is -7.39. The van der Waals surface area contributed by atoms with Gasteiger partial charge in [-0.3, -0.25) is 4.79 Å². The van der Waals surface area contributed by atoms with Gasteiger partial charge in [0.15, 0.2) is 25.5 Å². The number of sulfone groups is 2. The number of benzene rings is 1. The molecule has 1 aromatic carbocycles. The van der Waals surface area contributed by atoms with E-state index in [4.69, 9.17) is 9.47 Å². The molecule has 1 amide bonds. The highest BCUT2D eigenvalue weighted by molar-refractivity contribution is 7.96. The highest BCUT2D eigenvalue weighted by atomic mass is 32.2. The van der Waals surface area contributed by atoms with Crippen molar-refractivity contribution in [3.05, 3.63) is 29.6 Å². The topological polar surface area (TPSA) is 107 Å². The number of rotatable bonds is 3. The molecule has 0 unspecified atom stereocenters. The summed E-state index contributed by atoms with van der Waals surface area (Å²) in [4.78, 5) is 14.1. The number of ether oxygens (including phenoxy) is 2. The number of amides is 1. The second-order valence-electron chi connectivity index (χ2n) is 7.61. The molecule has 0 aromatic heterocycles. The third-order valence-corrected chi connectivity index (χ3v) is 9.92. The molecule has 0 saturated carbocycles. The van der Waals surface area contributed by atoms with Crippen molar-refractivity contribution in [3.8, 4) is 0 Å². The Balaban J connectivity index is 1.55. The van der Waals surface area contributed by atoms with Gasteiger partial charge < -0.3 is 14.4 Å². The van der Waals surface area contributed by atoms with E-state index in [0.29, 0.717) is 39.1 Å².